The minimum Gasteiger partial charge on any atom is -0.490 e. The molecule has 0 radical (unpaired) electrons. The number of carbonyl (C=O) groups excluding carboxylic acids is 1. The number of hydrogen-bond acceptors (Lipinski definition) is 9. The highest BCUT2D eigenvalue weighted by molar-refractivity contribution is 5.94. The standard InChI is InChI=1S/C38H59N3O10/c1-4-5-6-9-12-15-30(41-51-25-23-39)16-13-10-7-8-11-14-17-32(38(49,37(47)48)27-34(42)43)35(44)40-33(36(45)46)26-29-18-20-31(21-19-29)50-24-22-28(2)3/h14,17-22,32-33,49H,4-13,15-16,23-27,39H2,1-3H3,(H,40,44)(H,42,43)(H,45,46)(H,47,48)/b17-14+,41-30+. The van der Waals surface area contributed by atoms with E-state index in [0.717, 1.165) is 62.3 Å². The second-order valence-corrected chi connectivity index (χ2v) is 12.9. The molecule has 0 aromatic heterocycles. The number of allylic oxidation sites excluding steroid dienone is 2. The molecule has 286 valence electrons. The SMILES string of the molecule is CCCCCCC/C(CCCCCC/C=C/C(C(=O)NC(Cc1ccc(OCC=C(C)C)cc1)C(=O)O)C(O)(CC(=O)O)C(=O)O)=N\OCCN. The molecule has 1 amide bonds. The zero-order valence-corrected chi connectivity index (χ0v) is 30.5. The van der Waals surface area contributed by atoms with Crippen molar-refractivity contribution in [2.75, 3.05) is 19.8 Å². The van der Waals surface area contributed by atoms with Gasteiger partial charge in [0.05, 0.1) is 18.1 Å². The first-order valence-electron chi connectivity index (χ1n) is 17.9. The number of amides is 1. The topological polar surface area (TPSA) is 218 Å². The van der Waals surface area contributed by atoms with Gasteiger partial charge in [0.15, 0.2) is 5.60 Å². The third-order valence-corrected chi connectivity index (χ3v) is 8.19. The van der Waals surface area contributed by atoms with Crippen LogP contribution < -0.4 is 15.8 Å². The molecule has 0 saturated carbocycles. The van der Waals surface area contributed by atoms with Crippen molar-refractivity contribution in [3.8, 4) is 5.75 Å². The number of benzene rings is 1. The normalized spacial score (nSPS) is 13.9. The summed E-state index contributed by atoms with van der Waals surface area (Å²) in [5.41, 5.74) is 5.15. The molecule has 13 heteroatoms. The van der Waals surface area contributed by atoms with Gasteiger partial charge in [-0.2, -0.15) is 0 Å². The molecule has 0 aliphatic carbocycles. The van der Waals surface area contributed by atoms with Crippen LogP contribution in [0.3, 0.4) is 0 Å². The van der Waals surface area contributed by atoms with Gasteiger partial charge >= 0.3 is 17.9 Å². The molecule has 0 aliphatic rings. The monoisotopic (exact) mass is 717 g/mol. The average Bonchev–Trinajstić information content (AvgIpc) is 3.06. The summed E-state index contributed by atoms with van der Waals surface area (Å²) in [5, 5.41) is 46.6. The molecule has 0 spiro atoms. The van der Waals surface area contributed by atoms with E-state index in [-0.39, 0.29) is 6.42 Å². The van der Waals surface area contributed by atoms with Crippen molar-refractivity contribution in [2.45, 2.75) is 122 Å². The first-order valence-corrected chi connectivity index (χ1v) is 17.9. The number of nitrogens with zero attached hydrogens (tertiary/aromatic N) is 1. The number of carbonyl (C=O) groups is 4. The summed E-state index contributed by atoms with van der Waals surface area (Å²) in [4.78, 5) is 54.5. The first-order chi connectivity index (χ1) is 24.3. The van der Waals surface area contributed by atoms with Crippen molar-refractivity contribution in [1.29, 1.82) is 0 Å². The first kappa shape index (κ1) is 44.8. The Balaban J connectivity index is 2.89. The van der Waals surface area contributed by atoms with Gasteiger partial charge in [0.25, 0.3) is 0 Å². The summed E-state index contributed by atoms with van der Waals surface area (Å²) in [6.45, 7) is 7.20. The molecule has 0 saturated heterocycles. The number of nitrogens with one attached hydrogen (secondary N) is 1. The lowest BCUT2D eigenvalue weighted by molar-refractivity contribution is -0.172. The fourth-order valence-corrected chi connectivity index (χ4v) is 5.25. The molecule has 0 bridgehead atoms. The van der Waals surface area contributed by atoms with Crippen LogP contribution in [0.15, 0.2) is 53.2 Å². The second-order valence-electron chi connectivity index (χ2n) is 12.9. The largest absolute Gasteiger partial charge is 0.490 e. The minimum absolute atomic E-state index is 0.152. The lowest BCUT2D eigenvalue weighted by Crippen LogP contribution is -2.55. The molecule has 1 rings (SSSR count). The van der Waals surface area contributed by atoms with E-state index in [0.29, 0.717) is 43.9 Å². The number of carboxylic acids is 3. The predicted molar refractivity (Wildman–Crippen MR) is 196 cm³/mol. The molecule has 0 heterocycles. The molecule has 3 unspecified atom stereocenters. The lowest BCUT2D eigenvalue weighted by atomic mass is 9.82. The Bertz CT molecular complexity index is 1290. The van der Waals surface area contributed by atoms with Crippen molar-refractivity contribution in [2.24, 2.45) is 16.8 Å². The maximum absolute atomic E-state index is 13.4. The summed E-state index contributed by atoms with van der Waals surface area (Å²) in [7, 11) is 0. The maximum Gasteiger partial charge on any atom is 0.337 e. The fourth-order valence-electron chi connectivity index (χ4n) is 5.25. The van der Waals surface area contributed by atoms with Gasteiger partial charge in [0, 0.05) is 13.0 Å². The Kier molecular flexibility index (Phi) is 22.6. The Labute approximate surface area is 302 Å². The van der Waals surface area contributed by atoms with Crippen molar-refractivity contribution < 1.29 is 49.2 Å². The molecule has 1 aromatic carbocycles. The number of oxime groups is 1. The van der Waals surface area contributed by atoms with Gasteiger partial charge in [-0.15, -0.1) is 0 Å². The minimum atomic E-state index is -3.02. The summed E-state index contributed by atoms with van der Waals surface area (Å²) in [5.74, 6) is -7.36. The van der Waals surface area contributed by atoms with Crippen LogP contribution in [0, 0.1) is 5.92 Å². The Morgan fingerprint density at radius 1 is 0.941 bits per heavy atom. The number of rotatable bonds is 29. The lowest BCUT2D eigenvalue weighted by Gasteiger charge is -2.29. The molecule has 0 fully saturated rings. The third kappa shape index (κ3) is 19.1. The van der Waals surface area contributed by atoms with E-state index in [1.54, 1.807) is 24.3 Å². The van der Waals surface area contributed by atoms with Gasteiger partial charge < -0.3 is 41.1 Å². The highest BCUT2D eigenvalue weighted by Crippen LogP contribution is 2.26. The summed E-state index contributed by atoms with van der Waals surface area (Å²) < 4.78 is 5.62. The van der Waals surface area contributed by atoms with Crippen LogP contribution in [-0.2, 0) is 30.4 Å². The summed E-state index contributed by atoms with van der Waals surface area (Å²) in [6.07, 6.45) is 14.4. The van der Waals surface area contributed by atoms with E-state index in [2.05, 4.69) is 17.4 Å². The molecule has 3 atom stereocenters. The van der Waals surface area contributed by atoms with Gasteiger partial charge in [0.1, 0.15) is 25.0 Å². The van der Waals surface area contributed by atoms with Crippen LogP contribution in [0.5, 0.6) is 5.75 Å². The molecule has 1 aromatic rings. The maximum atomic E-state index is 13.4. The van der Waals surface area contributed by atoms with Gasteiger partial charge in [-0.05, 0) is 76.1 Å². The Hall–Kier alpha value is -4.23. The highest BCUT2D eigenvalue weighted by atomic mass is 16.6. The van der Waals surface area contributed by atoms with Gasteiger partial charge in [0.2, 0.25) is 5.91 Å². The Morgan fingerprint density at radius 2 is 1.57 bits per heavy atom. The summed E-state index contributed by atoms with van der Waals surface area (Å²) in [6, 6.07) is 5.13. The molecule has 0 aliphatic heterocycles. The molecule has 7 N–H and O–H groups in total. The molecular weight excluding hydrogens is 658 g/mol. The van der Waals surface area contributed by atoms with Crippen molar-refractivity contribution in [1.82, 2.24) is 5.32 Å². The zero-order valence-electron chi connectivity index (χ0n) is 30.5. The van der Waals surface area contributed by atoms with Gasteiger partial charge in [-0.25, -0.2) is 9.59 Å². The molecule has 13 nitrogen and oxygen atoms in total. The van der Waals surface area contributed by atoms with Crippen LogP contribution in [0.25, 0.3) is 0 Å². The van der Waals surface area contributed by atoms with E-state index in [4.69, 9.17) is 15.3 Å². The number of carboxylic acid groups (broad SMARTS) is 3. The van der Waals surface area contributed by atoms with Gasteiger partial charge in [-0.1, -0.05) is 80.5 Å². The van der Waals surface area contributed by atoms with E-state index in [1.807, 2.05) is 19.9 Å². The van der Waals surface area contributed by atoms with Crippen LogP contribution in [0.2, 0.25) is 0 Å². The number of ether oxygens (including phenoxy) is 1. The third-order valence-electron chi connectivity index (χ3n) is 8.19. The quantitative estimate of drug-likeness (QED) is 0.0258. The van der Waals surface area contributed by atoms with E-state index >= 15 is 0 Å². The Morgan fingerprint density at radius 3 is 2.12 bits per heavy atom. The van der Waals surface area contributed by atoms with Crippen LogP contribution >= 0.6 is 0 Å². The van der Waals surface area contributed by atoms with Crippen LogP contribution in [0.4, 0.5) is 0 Å². The zero-order chi connectivity index (χ0) is 38.1. The smallest absolute Gasteiger partial charge is 0.337 e. The van der Waals surface area contributed by atoms with Crippen molar-refractivity contribution >= 4 is 29.5 Å². The van der Waals surface area contributed by atoms with E-state index < -0.39 is 47.8 Å². The number of aliphatic carboxylic acids is 3. The second kappa shape index (κ2) is 25.7. The van der Waals surface area contributed by atoms with Crippen LogP contribution in [-0.4, -0.2) is 81.4 Å². The fraction of sp³-hybridized carbons (Fsp3) is 0.605. The van der Waals surface area contributed by atoms with E-state index in [1.165, 1.54) is 25.3 Å². The average molecular weight is 718 g/mol. The molecule has 51 heavy (non-hydrogen) atoms. The number of nitrogens with two attached hydrogens (primary N) is 1. The number of hydrogen-bond donors (Lipinski definition) is 6. The van der Waals surface area contributed by atoms with Crippen molar-refractivity contribution in [3.05, 3.63) is 53.6 Å². The van der Waals surface area contributed by atoms with Crippen molar-refractivity contribution in [3.63, 3.8) is 0 Å². The number of aliphatic hydroxyl groups is 1. The summed E-state index contributed by atoms with van der Waals surface area (Å²) >= 11 is 0. The van der Waals surface area contributed by atoms with Crippen LogP contribution in [0.1, 0.15) is 110 Å². The van der Waals surface area contributed by atoms with Gasteiger partial charge in [-0.3, -0.25) is 9.59 Å². The predicted octanol–water partition coefficient (Wildman–Crippen LogP) is 5.64. The highest BCUT2D eigenvalue weighted by Gasteiger charge is 2.49. The number of unbranched alkanes of at least 4 members (excludes halogenated alkanes) is 8. The molecular formula is C38H59N3O10. The van der Waals surface area contributed by atoms with E-state index in [9.17, 15) is 39.6 Å².